The van der Waals surface area contributed by atoms with E-state index in [1.807, 2.05) is 36.4 Å². The Bertz CT molecular complexity index is 773. The Morgan fingerprint density at radius 1 is 1.08 bits per heavy atom. The van der Waals surface area contributed by atoms with Gasteiger partial charge in [-0.3, -0.25) is 9.67 Å². The molecule has 0 saturated heterocycles. The minimum Gasteiger partial charge on any atom is -0.338 e. The molecule has 0 bridgehead atoms. The van der Waals surface area contributed by atoms with Crippen LogP contribution in [0.3, 0.4) is 0 Å². The van der Waals surface area contributed by atoms with E-state index in [0.717, 1.165) is 23.2 Å². The predicted molar refractivity (Wildman–Crippen MR) is 91.3 cm³/mol. The van der Waals surface area contributed by atoms with Crippen LogP contribution in [-0.4, -0.2) is 32.6 Å². The molecular weight excluding hydrogens is 304 g/mol. The second-order valence-corrected chi connectivity index (χ2v) is 5.18. The summed E-state index contributed by atoms with van der Waals surface area (Å²) in [7, 11) is 0. The van der Waals surface area contributed by atoms with Gasteiger partial charge in [0.1, 0.15) is 0 Å². The molecule has 2 amide bonds. The van der Waals surface area contributed by atoms with Gasteiger partial charge in [0.05, 0.1) is 11.9 Å². The number of aryl methyl sites for hydroxylation is 1. The van der Waals surface area contributed by atoms with Gasteiger partial charge in [-0.25, -0.2) is 4.79 Å². The molecule has 7 heteroatoms. The molecule has 0 aliphatic rings. The third-order valence-electron chi connectivity index (χ3n) is 3.49. The Hall–Kier alpha value is -3.22. The maximum atomic E-state index is 12.1. The summed E-state index contributed by atoms with van der Waals surface area (Å²) in [6, 6.07) is 11.3. The molecule has 0 radical (unpaired) electrons. The van der Waals surface area contributed by atoms with Crippen LogP contribution in [-0.2, 0) is 6.54 Å². The topological polar surface area (TPSA) is 84.7 Å². The number of amides is 2. The van der Waals surface area contributed by atoms with E-state index < -0.39 is 0 Å². The summed E-state index contributed by atoms with van der Waals surface area (Å²) in [6.07, 6.45) is 7.68. The molecule has 0 aliphatic carbocycles. The first-order chi connectivity index (χ1) is 11.8. The van der Waals surface area contributed by atoms with Gasteiger partial charge in [-0.15, -0.1) is 5.10 Å². The molecule has 2 aromatic heterocycles. The lowest BCUT2D eigenvalue weighted by atomic mass is 10.1. The van der Waals surface area contributed by atoms with Gasteiger partial charge in [0.15, 0.2) is 0 Å². The molecular formula is C17H18N6O. The number of carbonyl (C=O) groups excluding carboxylic acids is 1. The molecule has 1 aromatic carbocycles. The van der Waals surface area contributed by atoms with Gasteiger partial charge >= 0.3 is 6.03 Å². The molecule has 0 aliphatic heterocycles. The van der Waals surface area contributed by atoms with Crippen molar-refractivity contribution in [3.63, 3.8) is 0 Å². The van der Waals surface area contributed by atoms with E-state index in [0.29, 0.717) is 13.1 Å². The standard InChI is InChI=1S/C17H18N6O/c24-17(19-8-3-12-23-13-11-20-22-23)21-16-5-2-1-4-15(16)14-6-9-18-10-7-14/h1-2,4-7,9-11,13H,3,8,12H2,(H2,19,21,24). The van der Waals surface area contributed by atoms with Gasteiger partial charge in [0.25, 0.3) is 0 Å². The number of pyridine rings is 1. The van der Waals surface area contributed by atoms with Crippen molar-refractivity contribution in [2.24, 2.45) is 0 Å². The van der Waals surface area contributed by atoms with E-state index in [1.165, 1.54) is 0 Å². The number of nitrogens with zero attached hydrogens (tertiary/aromatic N) is 4. The molecule has 24 heavy (non-hydrogen) atoms. The summed E-state index contributed by atoms with van der Waals surface area (Å²) >= 11 is 0. The van der Waals surface area contributed by atoms with Crippen molar-refractivity contribution in [1.29, 1.82) is 0 Å². The second kappa shape index (κ2) is 7.87. The molecule has 2 N–H and O–H groups in total. The lowest BCUT2D eigenvalue weighted by molar-refractivity contribution is 0.251. The van der Waals surface area contributed by atoms with Gasteiger partial charge in [0, 0.05) is 37.2 Å². The largest absolute Gasteiger partial charge is 0.338 e. The van der Waals surface area contributed by atoms with Crippen LogP contribution < -0.4 is 10.6 Å². The normalized spacial score (nSPS) is 10.3. The fourth-order valence-electron chi connectivity index (χ4n) is 2.34. The molecule has 122 valence electrons. The SMILES string of the molecule is O=C(NCCCn1ccnn1)Nc1ccccc1-c1ccncc1. The highest BCUT2D eigenvalue weighted by Crippen LogP contribution is 2.26. The Labute approximate surface area is 139 Å². The molecule has 7 nitrogen and oxygen atoms in total. The van der Waals surface area contributed by atoms with E-state index in [4.69, 9.17) is 0 Å². The first-order valence-corrected chi connectivity index (χ1v) is 7.71. The average Bonchev–Trinajstić information content (AvgIpc) is 3.13. The monoisotopic (exact) mass is 322 g/mol. The summed E-state index contributed by atoms with van der Waals surface area (Å²) in [4.78, 5) is 16.1. The van der Waals surface area contributed by atoms with Gasteiger partial charge in [-0.2, -0.15) is 0 Å². The van der Waals surface area contributed by atoms with Crippen molar-refractivity contribution in [1.82, 2.24) is 25.3 Å². The number of nitrogens with one attached hydrogen (secondary N) is 2. The molecule has 2 heterocycles. The van der Waals surface area contributed by atoms with Crippen LogP contribution in [0.15, 0.2) is 61.2 Å². The van der Waals surface area contributed by atoms with Crippen LogP contribution in [0, 0.1) is 0 Å². The molecule has 0 atom stereocenters. The number of benzene rings is 1. The van der Waals surface area contributed by atoms with Crippen molar-refractivity contribution in [2.45, 2.75) is 13.0 Å². The Morgan fingerprint density at radius 2 is 1.92 bits per heavy atom. The maximum absolute atomic E-state index is 12.1. The molecule has 0 saturated carbocycles. The number of hydrogen-bond donors (Lipinski definition) is 2. The van der Waals surface area contributed by atoms with Crippen molar-refractivity contribution in [3.05, 3.63) is 61.2 Å². The van der Waals surface area contributed by atoms with Crippen molar-refractivity contribution >= 4 is 11.7 Å². The van der Waals surface area contributed by atoms with Crippen molar-refractivity contribution in [2.75, 3.05) is 11.9 Å². The number of para-hydroxylation sites is 1. The summed E-state index contributed by atoms with van der Waals surface area (Å²) in [5.74, 6) is 0. The highest BCUT2D eigenvalue weighted by atomic mass is 16.2. The van der Waals surface area contributed by atoms with E-state index in [-0.39, 0.29) is 6.03 Å². The lowest BCUT2D eigenvalue weighted by Crippen LogP contribution is -2.30. The smallest absolute Gasteiger partial charge is 0.319 e. The number of carbonyl (C=O) groups is 1. The first kappa shape index (κ1) is 15.7. The zero-order valence-electron chi connectivity index (χ0n) is 13.1. The Kier molecular flexibility index (Phi) is 5.14. The molecule has 0 unspecified atom stereocenters. The highest BCUT2D eigenvalue weighted by Gasteiger charge is 2.07. The number of anilines is 1. The van der Waals surface area contributed by atoms with Gasteiger partial charge in [-0.1, -0.05) is 23.4 Å². The number of urea groups is 1. The Morgan fingerprint density at radius 3 is 2.71 bits per heavy atom. The number of rotatable bonds is 6. The zero-order chi connectivity index (χ0) is 16.6. The van der Waals surface area contributed by atoms with Crippen molar-refractivity contribution in [3.8, 4) is 11.1 Å². The fourth-order valence-corrected chi connectivity index (χ4v) is 2.34. The van der Waals surface area contributed by atoms with Crippen LogP contribution in [0.2, 0.25) is 0 Å². The van der Waals surface area contributed by atoms with Crippen LogP contribution in [0.5, 0.6) is 0 Å². The first-order valence-electron chi connectivity index (χ1n) is 7.71. The van der Waals surface area contributed by atoms with Gasteiger partial charge < -0.3 is 10.6 Å². The van der Waals surface area contributed by atoms with E-state index in [2.05, 4.69) is 25.9 Å². The van der Waals surface area contributed by atoms with Gasteiger partial charge in [-0.05, 0) is 30.2 Å². The molecule has 0 spiro atoms. The fraction of sp³-hybridized carbons (Fsp3) is 0.176. The predicted octanol–water partition coefficient (Wildman–Crippen LogP) is 2.55. The molecule has 0 fully saturated rings. The maximum Gasteiger partial charge on any atom is 0.319 e. The highest BCUT2D eigenvalue weighted by molar-refractivity contribution is 5.94. The van der Waals surface area contributed by atoms with E-state index in [1.54, 1.807) is 29.5 Å². The lowest BCUT2D eigenvalue weighted by Gasteiger charge is -2.12. The zero-order valence-corrected chi connectivity index (χ0v) is 13.1. The number of hydrogen-bond acceptors (Lipinski definition) is 4. The summed E-state index contributed by atoms with van der Waals surface area (Å²) in [5, 5.41) is 13.4. The van der Waals surface area contributed by atoms with E-state index >= 15 is 0 Å². The van der Waals surface area contributed by atoms with Crippen LogP contribution >= 0.6 is 0 Å². The van der Waals surface area contributed by atoms with Crippen LogP contribution in [0.25, 0.3) is 11.1 Å². The third-order valence-corrected chi connectivity index (χ3v) is 3.49. The molecule has 3 rings (SSSR count). The Balaban J connectivity index is 1.55. The number of aromatic nitrogens is 4. The van der Waals surface area contributed by atoms with E-state index in [9.17, 15) is 4.79 Å². The summed E-state index contributed by atoms with van der Waals surface area (Å²) in [6.45, 7) is 1.27. The minimum atomic E-state index is -0.227. The average molecular weight is 322 g/mol. The van der Waals surface area contributed by atoms with Crippen LogP contribution in [0.4, 0.5) is 10.5 Å². The second-order valence-electron chi connectivity index (χ2n) is 5.18. The summed E-state index contributed by atoms with van der Waals surface area (Å²) < 4.78 is 1.73. The third kappa shape index (κ3) is 4.16. The van der Waals surface area contributed by atoms with Crippen LogP contribution in [0.1, 0.15) is 6.42 Å². The quantitative estimate of drug-likeness (QED) is 0.683. The van der Waals surface area contributed by atoms with Gasteiger partial charge in [0.2, 0.25) is 0 Å². The summed E-state index contributed by atoms with van der Waals surface area (Å²) in [5.41, 5.74) is 2.72. The van der Waals surface area contributed by atoms with Crippen molar-refractivity contribution < 1.29 is 4.79 Å². The molecule has 3 aromatic rings. The minimum absolute atomic E-state index is 0.227.